The average molecular weight is 282 g/mol. The van der Waals surface area contributed by atoms with Crippen LogP contribution in [-0.4, -0.2) is 20.4 Å². The first-order valence-corrected chi connectivity index (χ1v) is 7.60. The maximum absolute atomic E-state index is 12.0. The summed E-state index contributed by atoms with van der Waals surface area (Å²) in [6.45, 7) is 5.79. The third-order valence-electron chi connectivity index (χ3n) is 3.58. The van der Waals surface area contributed by atoms with Gasteiger partial charge in [-0.05, 0) is 36.5 Å². The number of carbonyl (C=O) groups excluding carboxylic acids is 1. The molecule has 1 aliphatic carbocycles. The quantitative estimate of drug-likeness (QED) is 0.872. The van der Waals surface area contributed by atoms with Crippen molar-refractivity contribution < 1.29 is 13.2 Å². The number of nitrogens with one attached hydrogen (secondary N) is 1. The first-order chi connectivity index (χ1) is 8.61. The van der Waals surface area contributed by atoms with Crippen molar-refractivity contribution in [2.24, 2.45) is 10.6 Å². The van der Waals surface area contributed by atoms with Crippen molar-refractivity contribution in [1.82, 2.24) is 5.32 Å². The molecule has 0 bridgehead atoms. The van der Waals surface area contributed by atoms with E-state index >= 15 is 0 Å². The van der Waals surface area contributed by atoms with Gasteiger partial charge in [-0.15, -0.1) is 0 Å². The number of sulfonamides is 1. The summed E-state index contributed by atoms with van der Waals surface area (Å²) in [5.41, 5.74) is 0.978. The summed E-state index contributed by atoms with van der Waals surface area (Å²) in [6, 6.07) is 4.68. The van der Waals surface area contributed by atoms with Gasteiger partial charge in [-0.2, -0.15) is 0 Å². The van der Waals surface area contributed by atoms with E-state index in [1.165, 1.54) is 6.07 Å². The lowest BCUT2D eigenvalue weighted by atomic mass is 10.1. The second-order valence-electron chi connectivity index (χ2n) is 5.74. The van der Waals surface area contributed by atoms with Gasteiger partial charge in [-0.1, -0.05) is 19.9 Å². The number of benzene rings is 1. The van der Waals surface area contributed by atoms with Gasteiger partial charge in [0.05, 0.1) is 4.90 Å². The highest BCUT2D eigenvalue weighted by Crippen LogP contribution is 2.44. The molecular weight excluding hydrogens is 264 g/mol. The van der Waals surface area contributed by atoms with Crippen molar-refractivity contribution in [2.75, 3.05) is 0 Å². The molecule has 1 aromatic carbocycles. The number of hydrogen-bond acceptors (Lipinski definition) is 3. The zero-order valence-corrected chi connectivity index (χ0v) is 12.0. The van der Waals surface area contributed by atoms with Crippen molar-refractivity contribution in [2.45, 2.75) is 38.1 Å². The lowest BCUT2D eigenvalue weighted by Crippen LogP contribution is -2.28. The van der Waals surface area contributed by atoms with Crippen LogP contribution < -0.4 is 10.5 Å². The second-order valence-corrected chi connectivity index (χ2v) is 7.27. The number of primary sulfonamides is 1. The minimum atomic E-state index is -3.81. The van der Waals surface area contributed by atoms with E-state index in [1.54, 1.807) is 19.1 Å². The Hall–Kier alpha value is -1.40. The maximum atomic E-state index is 12.0. The molecule has 1 unspecified atom stereocenters. The first-order valence-electron chi connectivity index (χ1n) is 6.05. The van der Waals surface area contributed by atoms with Crippen molar-refractivity contribution in [3.05, 3.63) is 29.3 Å². The fourth-order valence-electron chi connectivity index (χ4n) is 2.00. The Morgan fingerprint density at radius 2 is 2.00 bits per heavy atom. The maximum Gasteiger partial charge on any atom is 0.251 e. The predicted octanol–water partition coefficient (Wildman–Crippen LogP) is 1.17. The van der Waals surface area contributed by atoms with Crippen LogP contribution in [0.25, 0.3) is 0 Å². The Bertz CT molecular complexity index is 635. The summed E-state index contributed by atoms with van der Waals surface area (Å²) in [5, 5.41) is 8.01. The highest BCUT2D eigenvalue weighted by atomic mass is 32.2. The molecule has 0 spiro atoms. The molecule has 19 heavy (non-hydrogen) atoms. The van der Waals surface area contributed by atoms with Crippen LogP contribution in [0.15, 0.2) is 23.1 Å². The molecule has 0 aliphatic heterocycles. The summed E-state index contributed by atoms with van der Waals surface area (Å²) in [6.07, 6.45) is 0.937. The summed E-state index contributed by atoms with van der Waals surface area (Å²) in [7, 11) is -3.81. The largest absolute Gasteiger partial charge is 0.349 e. The predicted molar refractivity (Wildman–Crippen MR) is 72.2 cm³/mol. The van der Waals surface area contributed by atoms with E-state index in [0.717, 1.165) is 6.42 Å². The Balaban J connectivity index is 2.24. The number of amides is 1. The monoisotopic (exact) mass is 282 g/mol. The van der Waals surface area contributed by atoms with Gasteiger partial charge in [0.25, 0.3) is 5.91 Å². The van der Waals surface area contributed by atoms with Gasteiger partial charge in [0.1, 0.15) is 0 Å². The lowest BCUT2D eigenvalue weighted by Gasteiger charge is -2.09. The SMILES string of the molecule is Cc1ccc(C(=O)NC2CC2(C)C)cc1S(N)(=O)=O. The van der Waals surface area contributed by atoms with E-state index in [0.29, 0.717) is 11.1 Å². The second kappa shape index (κ2) is 4.31. The Kier molecular flexibility index (Phi) is 3.18. The van der Waals surface area contributed by atoms with E-state index in [-0.39, 0.29) is 22.3 Å². The highest BCUT2D eigenvalue weighted by Gasteiger charge is 2.46. The van der Waals surface area contributed by atoms with Gasteiger partial charge >= 0.3 is 0 Å². The molecule has 1 fully saturated rings. The lowest BCUT2D eigenvalue weighted by molar-refractivity contribution is 0.0946. The number of hydrogen-bond donors (Lipinski definition) is 2. The van der Waals surface area contributed by atoms with Crippen LogP contribution >= 0.6 is 0 Å². The van der Waals surface area contributed by atoms with Gasteiger partial charge in [-0.3, -0.25) is 4.79 Å². The van der Waals surface area contributed by atoms with Crippen molar-refractivity contribution in [3.8, 4) is 0 Å². The average Bonchev–Trinajstić information content (AvgIpc) is 2.84. The molecule has 0 radical (unpaired) electrons. The van der Waals surface area contributed by atoms with Crippen LogP contribution in [0.1, 0.15) is 36.2 Å². The van der Waals surface area contributed by atoms with Crippen LogP contribution in [0.3, 0.4) is 0 Å². The molecule has 1 amide bonds. The number of aryl methyl sites for hydroxylation is 1. The van der Waals surface area contributed by atoms with Crippen molar-refractivity contribution in [1.29, 1.82) is 0 Å². The molecule has 6 heteroatoms. The first kappa shape index (κ1) is 14.0. The molecule has 1 saturated carbocycles. The fourth-order valence-corrected chi connectivity index (χ4v) is 2.81. The van der Waals surface area contributed by atoms with E-state index in [1.807, 2.05) is 0 Å². The molecule has 0 saturated heterocycles. The van der Waals surface area contributed by atoms with Crippen LogP contribution in [0.4, 0.5) is 0 Å². The molecule has 3 N–H and O–H groups in total. The van der Waals surface area contributed by atoms with Crippen LogP contribution in [0.2, 0.25) is 0 Å². The summed E-state index contributed by atoms with van der Waals surface area (Å²) < 4.78 is 22.8. The standard InChI is InChI=1S/C13H18N2O3S/c1-8-4-5-9(6-10(8)19(14,17)18)12(16)15-11-7-13(11,2)3/h4-6,11H,7H2,1-3H3,(H,15,16)(H2,14,17,18). The highest BCUT2D eigenvalue weighted by molar-refractivity contribution is 7.89. The van der Waals surface area contributed by atoms with Gasteiger partial charge in [0, 0.05) is 11.6 Å². The third-order valence-corrected chi connectivity index (χ3v) is 4.63. The molecule has 0 aromatic heterocycles. The number of carbonyl (C=O) groups is 1. The van der Waals surface area contributed by atoms with E-state index < -0.39 is 10.0 Å². The molecule has 1 atom stereocenters. The topological polar surface area (TPSA) is 89.3 Å². The molecule has 1 aromatic rings. The van der Waals surface area contributed by atoms with Crippen LogP contribution in [0.5, 0.6) is 0 Å². The molecule has 104 valence electrons. The summed E-state index contributed by atoms with van der Waals surface area (Å²) in [5.74, 6) is -0.263. The summed E-state index contributed by atoms with van der Waals surface area (Å²) >= 11 is 0. The molecule has 5 nitrogen and oxygen atoms in total. The van der Waals surface area contributed by atoms with Gasteiger partial charge < -0.3 is 5.32 Å². The third kappa shape index (κ3) is 2.96. The fraction of sp³-hybridized carbons (Fsp3) is 0.462. The minimum Gasteiger partial charge on any atom is -0.349 e. The normalized spacial score (nSPS) is 20.9. The number of rotatable bonds is 3. The number of nitrogens with two attached hydrogens (primary N) is 1. The Labute approximate surface area is 113 Å². The molecule has 0 heterocycles. The zero-order valence-electron chi connectivity index (χ0n) is 11.2. The van der Waals surface area contributed by atoms with Crippen LogP contribution in [-0.2, 0) is 10.0 Å². The van der Waals surface area contributed by atoms with Gasteiger partial charge in [0.15, 0.2) is 0 Å². The molecular formula is C13H18N2O3S. The van der Waals surface area contributed by atoms with E-state index in [2.05, 4.69) is 19.2 Å². The van der Waals surface area contributed by atoms with Crippen molar-refractivity contribution >= 4 is 15.9 Å². The van der Waals surface area contributed by atoms with E-state index in [4.69, 9.17) is 5.14 Å². The van der Waals surface area contributed by atoms with Crippen LogP contribution in [0, 0.1) is 12.3 Å². The zero-order chi connectivity index (χ0) is 14.4. The Morgan fingerprint density at radius 1 is 1.42 bits per heavy atom. The minimum absolute atomic E-state index is 0.00444. The van der Waals surface area contributed by atoms with Gasteiger partial charge in [0.2, 0.25) is 10.0 Å². The smallest absolute Gasteiger partial charge is 0.251 e. The molecule has 1 aliphatic rings. The van der Waals surface area contributed by atoms with Gasteiger partial charge in [-0.25, -0.2) is 13.6 Å². The summed E-state index contributed by atoms with van der Waals surface area (Å²) in [4.78, 5) is 12.0. The van der Waals surface area contributed by atoms with Crippen molar-refractivity contribution in [3.63, 3.8) is 0 Å². The molecule has 2 rings (SSSR count). The Morgan fingerprint density at radius 3 is 2.47 bits per heavy atom. The van der Waals surface area contributed by atoms with E-state index in [9.17, 15) is 13.2 Å².